The van der Waals surface area contributed by atoms with E-state index in [2.05, 4.69) is 25.6 Å². The van der Waals surface area contributed by atoms with Gasteiger partial charge < -0.3 is 25.1 Å². The van der Waals surface area contributed by atoms with Crippen molar-refractivity contribution in [1.82, 2.24) is 20.3 Å². The van der Waals surface area contributed by atoms with Gasteiger partial charge in [-0.25, -0.2) is 14.4 Å². The summed E-state index contributed by atoms with van der Waals surface area (Å²) in [5.41, 5.74) is 2.42. The highest BCUT2D eigenvalue weighted by molar-refractivity contribution is 6.14. The van der Waals surface area contributed by atoms with Crippen LogP contribution < -0.4 is 10.6 Å². The average molecular weight is 426 g/mol. The van der Waals surface area contributed by atoms with Crippen LogP contribution in [0.5, 0.6) is 0 Å². The first-order valence-electron chi connectivity index (χ1n) is 9.83. The molecule has 2 aromatic heterocycles. The van der Waals surface area contributed by atoms with Gasteiger partial charge in [0.2, 0.25) is 0 Å². The SMILES string of the molecule is COC[C@H](C)NC(=O)c1c[nH]c2ncc(C(=N)c3ccc(F)cc3NC3COC3)nc12. The molecule has 1 amide bonds. The Morgan fingerprint density at radius 2 is 2.23 bits per heavy atom. The molecule has 3 heterocycles. The van der Waals surface area contributed by atoms with Crippen LogP contribution in [0, 0.1) is 11.2 Å². The van der Waals surface area contributed by atoms with E-state index in [1.807, 2.05) is 6.92 Å². The minimum absolute atomic E-state index is 0.0657. The Labute approximate surface area is 177 Å². The molecule has 0 aliphatic carbocycles. The van der Waals surface area contributed by atoms with Crippen molar-refractivity contribution in [3.8, 4) is 0 Å². The Kier molecular flexibility index (Phi) is 5.92. The van der Waals surface area contributed by atoms with E-state index in [1.54, 1.807) is 7.11 Å². The number of halogens is 1. The van der Waals surface area contributed by atoms with Crippen LogP contribution in [0.2, 0.25) is 0 Å². The fraction of sp³-hybridized carbons (Fsp3) is 0.333. The molecule has 31 heavy (non-hydrogen) atoms. The standard InChI is InChI=1S/C21H23FN6O3/c1-11(8-30-2)26-21(29)15-6-24-20-19(15)28-17(7-25-20)18(23)14-4-3-12(22)5-16(14)27-13-9-31-10-13/h3-7,11,13,23,27H,8-10H2,1-2H3,(H,24,25)(H,26,29)/t11-/m0/s1. The second-order valence-corrected chi connectivity index (χ2v) is 7.43. The number of ether oxygens (including phenoxy) is 2. The predicted octanol–water partition coefficient (Wildman–Crippen LogP) is 2.09. The van der Waals surface area contributed by atoms with Crippen molar-refractivity contribution >= 4 is 28.5 Å². The fourth-order valence-electron chi connectivity index (χ4n) is 3.31. The summed E-state index contributed by atoms with van der Waals surface area (Å²) in [6.45, 7) is 3.26. The van der Waals surface area contributed by atoms with Crippen LogP contribution in [0.3, 0.4) is 0 Å². The van der Waals surface area contributed by atoms with Crippen LogP contribution in [0.1, 0.15) is 28.5 Å². The van der Waals surface area contributed by atoms with Crippen LogP contribution in [-0.2, 0) is 9.47 Å². The lowest BCUT2D eigenvalue weighted by molar-refractivity contribution is 0.0211. The van der Waals surface area contributed by atoms with E-state index in [-0.39, 0.29) is 29.4 Å². The quantitative estimate of drug-likeness (QED) is 0.409. The predicted molar refractivity (Wildman–Crippen MR) is 113 cm³/mol. The summed E-state index contributed by atoms with van der Waals surface area (Å²) in [6.07, 6.45) is 2.99. The van der Waals surface area contributed by atoms with Crippen molar-refractivity contribution in [2.45, 2.75) is 19.0 Å². The van der Waals surface area contributed by atoms with Gasteiger partial charge >= 0.3 is 0 Å². The Bertz CT molecular complexity index is 1130. The van der Waals surface area contributed by atoms with E-state index in [1.165, 1.54) is 30.6 Å². The Morgan fingerprint density at radius 1 is 1.42 bits per heavy atom. The number of carbonyl (C=O) groups excluding carboxylic acids is 1. The molecule has 4 rings (SSSR count). The number of anilines is 1. The van der Waals surface area contributed by atoms with E-state index in [0.717, 1.165) is 0 Å². The van der Waals surface area contributed by atoms with Gasteiger partial charge in [-0.3, -0.25) is 10.2 Å². The summed E-state index contributed by atoms with van der Waals surface area (Å²) in [7, 11) is 1.56. The normalized spacial score (nSPS) is 14.8. The topological polar surface area (TPSA) is 125 Å². The third-order valence-electron chi connectivity index (χ3n) is 4.92. The summed E-state index contributed by atoms with van der Waals surface area (Å²) < 4.78 is 24.0. The largest absolute Gasteiger partial charge is 0.383 e. The van der Waals surface area contributed by atoms with Gasteiger partial charge in [0, 0.05) is 30.6 Å². The second kappa shape index (κ2) is 8.78. The number of hydrogen-bond donors (Lipinski definition) is 4. The number of fused-ring (bicyclic) bond motifs is 1. The second-order valence-electron chi connectivity index (χ2n) is 7.43. The number of aromatic nitrogens is 3. The van der Waals surface area contributed by atoms with Gasteiger partial charge in [-0.2, -0.15) is 0 Å². The molecule has 1 aliphatic heterocycles. The Hall–Kier alpha value is -3.37. The minimum atomic E-state index is -0.407. The number of H-pyrrole nitrogens is 1. The number of benzene rings is 1. The molecule has 0 unspecified atom stereocenters. The van der Waals surface area contributed by atoms with E-state index in [9.17, 15) is 9.18 Å². The summed E-state index contributed by atoms with van der Waals surface area (Å²) in [6, 6.07) is 4.06. The van der Waals surface area contributed by atoms with Crippen LogP contribution >= 0.6 is 0 Å². The van der Waals surface area contributed by atoms with Crippen LogP contribution in [-0.4, -0.2) is 65.6 Å². The monoisotopic (exact) mass is 426 g/mol. The first-order chi connectivity index (χ1) is 15.0. The van der Waals surface area contributed by atoms with E-state index < -0.39 is 5.82 Å². The van der Waals surface area contributed by atoms with Crippen molar-refractivity contribution in [2.24, 2.45) is 0 Å². The molecule has 0 radical (unpaired) electrons. The molecule has 4 N–H and O–H groups in total. The molecule has 1 aliphatic rings. The molecule has 0 saturated carbocycles. The van der Waals surface area contributed by atoms with E-state index in [0.29, 0.717) is 47.8 Å². The Morgan fingerprint density at radius 3 is 2.94 bits per heavy atom. The number of methoxy groups -OCH3 is 1. The van der Waals surface area contributed by atoms with Gasteiger partial charge in [0.1, 0.15) is 17.0 Å². The first-order valence-corrected chi connectivity index (χ1v) is 9.83. The number of nitrogens with one attached hydrogen (secondary N) is 4. The lowest BCUT2D eigenvalue weighted by atomic mass is 10.0. The third kappa shape index (κ3) is 4.39. The van der Waals surface area contributed by atoms with Crippen LogP contribution in [0.25, 0.3) is 11.2 Å². The fourth-order valence-corrected chi connectivity index (χ4v) is 3.31. The molecule has 1 atom stereocenters. The van der Waals surface area contributed by atoms with E-state index >= 15 is 0 Å². The maximum Gasteiger partial charge on any atom is 0.255 e. The molecule has 1 aromatic carbocycles. The summed E-state index contributed by atoms with van der Waals surface area (Å²) in [4.78, 5) is 24.4. The van der Waals surface area contributed by atoms with Crippen LogP contribution in [0.15, 0.2) is 30.6 Å². The number of nitrogens with zero attached hydrogens (tertiary/aromatic N) is 2. The zero-order chi connectivity index (χ0) is 22.0. The first kappa shape index (κ1) is 20.9. The lowest BCUT2D eigenvalue weighted by Crippen LogP contribution is -2.40. The molecule has 3 aromatic rings. The summed E-state index contributed by atoms with van der Waals surface area (Å²) in [5.74, 6) is -0.724. The van der Waals surface area contributed by atoms with Crippen molar-refractivity contribution in [1.29, 1.82) is 5.41 Å². The maximum atomic E-state index is 13.8. The van der Waals surface area contributed by atoms with E-state index in [4.69, 9.17) is 14.9 Å². The molecule has 162 valence electrons. The molecule has 1 fully saturated rings. The number of rotatable bonds is 8. The van der Waals surface area contributed by atoms with Gasteiger partial charge in [0.15, 0.2) is 5.65 Å². The Balaban J connectivity index is 1.64. The van der Waals surface area contributed by atoms with Crippen molar-refractivity contribution in [3.63, 3.8) is 0 Å². The number of aromatic amines is 1. The average Bonchev–Trinajstić information content (AvgIpc) is 3.14. The molecule has 10 heteroatoms. The van der Waals surface area contributed by atoms with Gasteiger partial charge in [0.05, 0.1) is 43.3 Å². The number of amides is 1. The maximum absolute atomic E-state index is 13.8. The minimum Gasteiger partial charge on any atom is -0.383 e. The van der Waals surface area contributed by atoms with Gasteiger partial charge in [0.25, 0.3) is 5.91 Å². The third-order valence-corrected chi connectivity index (χ3v) is 4.92. The van der Waals surface area contributed by atoms with Crippen LogP contribution in [0.4, 0.5) is 10.1 Å². The van der Waals surface area contributed by atoms with Gasteiger partial charge in [-0.15, -0.1) is 0 Å². The highest BCUT2D eigenvalue weighted by Crippen LogP contribution is 2.23. The zero-order valence-electron chi connectivity index (χ0n) is 17.2. The molecular formula is C21H23FN6O3. The number of carbonyl (C=O) groups is 1. The molecule has 0 bridgehead atoms. The summed E-state index contributed by atoms with van der Waals surface area (Å²) in [5, 5.41) is 14.7. The zero-order valence-corrected chi connectivity index (χ0v) is 17.2. The van der Waals surface area contributed by atoms with Gasteiger partial charge in [-0.1, -0.05) is 0 Å². The number of hydrogen-bond acceptors (Lipinski definition) is 7. The highest BCUT2D eigenvalue weighted by Gasteiger charge is 2.22. The van der Waals surface area contributed by atoms with Crippen molar-refractivity contribution in [3.05, 3.63) is 53.2 Å². The van der Waals surface area contributed by atoms with Crippen molar-refractivity contribution < 1.29 is 18.7 Å². The van der Waals surface area contributed by atoms with Crippen molar-refractivity contribution in [2.75, 3.05) is 32.2 Å². The smallest absolute Gasteiger partial charge is 0.255 e. The lowest BCUT2D eigenvalue weighted by Gasteiger charge is -2.28. The molecule has 1 saturated heterocycles. The molecule has 9 nitrogen and oxygen atoms in total. The molecular weight excluding hydrogens is 403 g/mol. The summed E-state index contributed by atoms with van der Waals surface area (Å²) >= 11 is 0. The van der Waals surface area contributed by atoms with Gasteiger partial charge in [-0.05, 0) is 25.1 Å². The molecule has 0 spiro atoms. The highest BCUT2D eigenvalue weighted by atomic mass is 19.1.